The highest BCUT2D eigenvalue weighted by atomic mass is 35.7. The van der Waals surface area contributed by atoms with E-state index in [9.17, 15) is 16.8 Å². The maximum atomic E-state index is 11.0. The molecule has 0 amide bonds. The number of halogens is 1. The van der Waals surface area contributed by atoms with Gasteiger partial charge in [-0.1, -0.05) is 57.8 Å². The van der Waals surface area contributed by atoms with Crippen LogP contribution in [0.25, 0.3) is 0 Å². The normalized spacial score (nSPS) is 19.4. The molecule has 6 rings (SSSR count). The van der Waals surface area contributed by atoms with Crippen molar-refractivity contribution < 1.29 is 16.8 Å². The van der Waals surface area contributed by atoms with Crippen LogP contribution in [0.5, 0.6) is 0 Å². The Bertz CT molecular complexity index is 1380. The summed E-state index contributed by atoms with van der Waals surface area (Å²) in [5.41, 5.74) is 5.55. The van der Waals surface area contributed by atoms with Crippen LogP contribution in [0.15, 0.2) is 46.8 Å². The van der Waals surface area contributed by atoms with E-state index < -0.39 is 19.1 Å². The van der Waals surface area contributed by atoms with Crippen LogP contribution in [0, 0.1) is 0 Å². The maximum Gasteiger partial charge on any atom is 0.280 e. The quantitative estimate of drug-likeness (QED) is 0.352. The molecule has 3 aromatic rings. The molecular weight excluding hydrogens is 600 g/mol. The number of primary sulfonamides is 1. The number of hydrogen-bond acceptors (Lipinski definition) is 8. The SMILES string of the molecule is NS(=O)(=O)c1ccn(C2CCCCC2)n1.Nc1ccn(C2CCCCC2)n1.O=S(=O)(Cl)c1ccn(C2CCCCC2)n1. The fourth-order valence-corrected chi connectivity index (χ4v) is 7.04. The first-order valence-corrected chi connectivity index (χ1v) is 18.7. The number of sulfonamides is 1. The number of anilines is 1. The monoisotopic (exact) mass is 642 g/mol. The zero-order valence-electron chi connectivity index (χ0n) is 24.0. The number of rotatable bonds is 5. The predicted octanol–water partition coefficient (Wildman–Crippen LogP) is 5.32. The second-order valence-corrected chi connectivity index (χ2v) is 15.4. The van der Waals surface area contributed by atoms with Crippen molar-refractivity contribution in [2.24, 2.45) is 5.14 Å². The molecule has 42 heavy (non-hydrogen) atoms. The Morgan fingerprint density at radius 1 is 0.595 bits per heavy atom. The highest BCUT2D eigenvalue weighted by Gasteiger charge is 2.20. The third-order valence-corrected chi connectivity index (χ3v) is 10.2. The minimum absolute atomic E-state index is 0.0342. The molecule has 3 saturated carbocycles. The lowest BCUT2D eigenvalue weighted by Crippen LogP contribution is -2.16. The second-order valence-electron chi connectivity index (χ2n) is 11.3. The van der Waals surface area contributed by atoms with Crippen LogP contribution in [0.4, 0.5) is 5.82 Å². The van der Waals surface area contributed by atoms with Crippen LogP contribution >= 0.6 is 10.7 Å². The molecule has 3 aromatic heterocycles. The summed E-state index contributed by atoms with van der Waals surface area (Å²) in [6.45, 7) is 0. The summed E-state index contributed by atoms with van der Waals surface area (Å²) in [7, 11) is -2.13. The van der Waals surface area contributed by atoms with Gasteiger partial charge in [0.25, 0.3) is 19.1 Å². The first kappa shape index (κ1) is 32.5. The van der Waals surface area contributed by atoms with Gasteiger partial charge in [-0.2, -0.15) is 15.3 Å². The molecule has 15 heteroatoms. The molecule has 3 aliphatic carbocycles. The van der Waals surface area contributed by atoms with Gasteiger partial charge in [-0.15, -0.1) is 0 Å². The Hall–Kier alpha value is -2.42. The first-order chi connectivity index (χ1) is 20.0. The highest BCUT2D eigenvalue weighted by molar-refractivity contribution is 8.13. The van der Waals surface area contributed by atoms with Crippen LogP contribution in [0.3, 0.4) is 0 Å². The fraction of sp³-hybridized carbons (Fsp3) is 0.667. The lowest BCUT2D eigenvalue weighted by molar-refractivity contribution is 0.326. The van der Waals surface area contributed by atoms with Gasteiger partial charge in [0.15, 0.2) is 10.1 Å². The van der Waals surface area contributed by atoms with Gasteiger partial charge < -0.3 is 5.73 Å². The van der Waals surface area contributed by atoms with Gasteiger partial charge in [-0.3, -0.25) is 14.0 Å². The van der Waals surface area contributed by atoms with E-state index in [1.165, 1.54) is 82.8 Å². The molecule has 0 aliphatic heterocycles. The third-order valence-electron chi connectivity index (χ3n) is 8.18. The van der Waals surface area contributed by atoms with Crippen molar-refractivity contribution >= 4 is 35.6 Å². The maximum absolute atomic E-state index is 11.0. The summed E-state index contributed by atoms with van der Waals surface area (Å²) >= 11 is 0. The van der Waals surface area contributed by atoms with Crippen LogP contribution in [-0.2, 0) is 19.1 Å². The Labute approximate surface area is 253 Å². The van der Waals surface area contributed by atoms with E-state index in [2.05, 4.69) is 15.3 Å². The Morgan fingerprint density at radius 3 is 1.26 bits per heavy atom. The number of nitrogen functional groups attached to an aromatic ring is 1. The lowest BCUT2D eigenvalue weighted by Gasteiger charge is -2.21. The summed E-state index contributed by atoms with van der Waals surface area (Å²) in [6.07, 6.45) is 23.6. The largest absolute Gasteiger partial charge is 0.382 e. The molecule has 0 spiro atoms. The average molecular weight is 643 g/mol. The van der Waals surface area contributed by atoms with Crippen molar-refractivity contribution in [3.8, 4) is 0 Å². The molecule has 12 nitrogen and oxygen atoms in total. The number of aromatic nitrogens is 6. The van der Waals surface area contributed by atoms with Crippen LogP contribution in [0.1, 0.15) is 114 Å². The number of hydrogen-bond donors (Lipinski definition) is 2. The summed E-state index contributed by atoms with van der Waals surface area (Å²) in [6, 6.07) is 6.08. The molecule has 3 fully saturated rings. The smallest absolute Gasteiger partial charge is 0.280 e. The first-order valence-electron chi connectivity index (χ1n) is 14.9. The third kappa shape index (κ3) is 9.55. The Morgan fingerprint density at radius 2 is 0.952 bits per heavy atom. The van der Waals surface area contributed by atoms with E-state index in [0.29, 0.717) is 23.9 Å². The van der Waals surface area contributed by atoms with Gasteiger partial charge in [-0.05, 0) is 56.7 Å². The summed E-state index contributed by atoms with van der Waals surface area (Å²) in [5, 5.41) is 17.2. The highest BCUT2D eigenvalue weighted by Crippen LogP contribution is 2.29. The minimum atomic E-state index is -3.68. The molecule has 0 unspecified atom stereocenters. The zero-order chi connectivity index (χ0) is 30.2. The number of nitrogens with zero attached hydrogens (tertiary/aromatic N) is 6. The summed E-state index contributed by atoms with van der Waals surface area (Å²) < 4.78 is 49.6. The zero-order valence-corrected chi connectivity index (χ0v) is 26.4. The van der Waals surface area contributed by atoms with E-state index in [1.807, 2.05) is 16.9 Å². The van der Waals surface area contributed by atoms with Gasteiger partial charge in [0.1, 0.15) is 5.82 Å². The van der Waals surface area contributed by atoms with Crippen LogP contribution < -0.4 is 10.9 Å². The molecule has 0 aromatic carbocycles. The van der Waals surface area contributed by atoms with Crippen LogP contribution in [-0.4, -0.2) is 46.2 Å². The van der Waals surface area contributed by atoms with E-state index in [-0.39, 0.29) is 10.1 Å². The van der Waals surface area contributed by atoms with Crippen molar-refractivity contribution in [3.05, 3.63) is 36.8 Å². The standard InChI is InChI=1S/C9H13ClN2O2S.C9H15N3O2S.C9H15N3/c2*10-15(13,14)9-6-7-12(11-9)8-4-2-1-3-5-8;10-9-6-7-12(11-9)8-4-2-1-3-5-8/h6-8H,1-5H2;6-8H,1-5H2,(H2,10,13,14);6-8H,1-5H2,(H2,10,11). The molecule has 3 aliphatic rings. The molecule has 0 radical (unpaired) electrons. The van der Waals surface area contributed by atoms with E-state index in [1.54, 1.807) is 21.8 Å². The van der Waals surface area contributed by atoms with E-state index in [4.69, 9.17) is 21.6 Å². The molecule has 0 bridgehead atoms. The topological polar surface area (TPSA) is 174 Å². The van der Waals surface area contributed by atoms with Gasteiger partial charge >= 0.3 is 0 Å². The van der Waals surface area contributed by atoms with Crippen molar-refractivity contribution in [1.29, 1.82) is 0 Å². The average Bonchev–Trinajstić information content (AvgIpc) is 3.76. The van der Waals surface area contributed by atoms with Gasteiger partial charge in [0.2, 0.25) is 0 Å². The van der Waals surface area contributed by atoms with Crippen molar-refractivity contribution in [2.45, 2.75) is 124 Å². The van der Waals surface area contributed by atoms with Crippen molar-refractivity contribution in [2.75, 3.05) is 5.73 Å². The molecular formula is C27H43ClN8O4S2. The predicted molar refractivity (Wildman–Crippen MR) is 162 cm³/mol. The van der Waals surface area contributed by atoms with E-state index in [0.717, 1.165) is 25.7 Å². The van der Waals surface area contributed by atoms with Gasteiger partial charge in [0, 0.05) is 29.3 Å². The Balaban J connectivity index is 0.000000146. The number of nitrogens with two attached hydrogens (primary N) is 2. The summed E-state index contributed by atoms with van der Waals surface area (Å²) in [5.74, 6) is 0.639. The lowest BCUT2D eigenvalue weighted by atomic mass is 9.96. The molecule has 0 atom stereocenters. The molecule has 3 heterocycles. The summed E-state index contributed by atoms with van der Waals surface area (Å²) in [4.78, 5) is 0. The van der Waals surface area contributed by atoms with Gasteiger partial charge in [0.05, 0.1) is 18.1 Å². The Kier molecular flexibility index (Phi) is 11.5. The molecule has 0 saturated heterocycles. The fourth-order valence-electron chi connectivity index (χ4n) is 5.92. The van der Waals surface area contributed by atoms with Crippen LogP contribution in [0.2, 0.25) is 0 Å². The van der Waals surface area contributed by atoms with Crippen molar-refractivity contribution in [1.82, 2.24) is 29.3 Å². The molecule has 234 valence electrons. The van der Waals surface area contributed by atoms with E-state index >= 15 is 0 Å². The molecule has 4 N–H and O–H groups in total. The van der Waals surface area contributed by atoms with Gasteiger partial charge in [-0.25, -0.2) is 22.0 Å². The minimum Gasteiger partial charge on any atom is -0.382 e. The second kappa shape index (κ2) is 14.8. The van der Waals surface area contributed by atoms with Crippen molar-refractivity contribution in [3.63, 3.8) is 0 Å².